The maximum absolute atomic E-state index is 13.9. The Bertz CT molecular complexity index is 850. The minimum absolute atomic E-state index is 0.00829. The first-order valence-electron chi connectivity index (χ1n) is 5.73. The second-order valence-electron chi connectivity index (χ2n) is 4.25. The topological polar surface area (TPSA) is 25.8 Å². The van der Waals surface area contributed by atoms with E-state index in [1.165, 1.54) is 12.1 Å². The Morgan fingerprint density at radius 2 is 1.62 bits per heavy atom. The minimum Gasteiger partial charge on any atom is -0.225 e. The van der Waals surface area contributed by atoms with Crippen molar-refractivity contribution < 1.29 is 13.2 Å². The van der Waals surface area contributed by atoms with Gasteiger partial charge in [0.25, 0.3) is 0 Å². The Kier molecular flexibility index (Phi) is 3.59. The van der Waals surface area contributed by atoms with Crippen LogP contribution in [0.5, 0.6) is 0 Å². The first kappa shape index (κ1) is 14.3. The third kappa shape index (κ3) is 2.61. The Hall–Kier alpha value is -1.66. The van der Waals surface area contributed by atoms with Crippen molar-refractivity contribution in [1.82, 2.24) is 9.97 Å². The molecule has 106 valence electrons. The smallest absolute Gasteiger partial charge is 0.161 e. The van der Waals surface area contributed by atoms with Crippen molar-refractivity contribution in [2.45, 2.75) is 0 Å². The summed E-state index contributed by atoms with van der Waals surface area (Å²) in [6.07, 6.45) is 0. The molecule has 3 rings (SSSR count). The predicted molar refractivity (Wildman–Crippen MR) is 77.6 cm³/mol. The molecule has 0 N–H and O–H groups in total. The molecule has 1 aromatic heterocycles. The van der Waals surface area contributed by atoms with Crippen LogP contribution in [0, 0.1) is 17.5 Å². The van der Waals surface area contributed by atoms with Crippen LogP contribution in [0.2, 0.25) is 5.15 Å². The van der Waals surface area contributed by atoms with E-state index in [0.29, 0.717) is 9.86 Å². The van der Waals surface area contributed by atoms with Gasteiger partial charge in [-0.05, 0) is 40.2 Å². The van der Waals surface area contributed by atoms with Gasteiger partial charge in [-0.2, -0.15) is 0 Å². The summed E-state index contributed by atoms with van der Waals surface area (Å²) < 4.78 is 40.9. The lowest BCUT2D eigenvalue weighted by molar-refractivity contribution is 0.584. The van der Waals surface area contributed by atoms with Crippen molar-refractivity contribution in [2.75, 3.05) is 0 Å². The number of hydrogen-bond acceptors (Lipinski definition) is 2. The SMILES string of the molecule is Fc1cc(F)cc(-c2nc(Cl)c3c(Br)ccc(F)c3n2)c1. The molecule has 0 amide bonds. The van der Waals surface area contributed by atoms with Crippen LogP contribution >= 0.6 is 27.5 Å². The van der Waals surface area contributed by atoms with Gasteiger partial charge in [-0.25, -0.2) is 23.1 Å². The van der Waals surface area contributed by atoms with Crippen LogP contribution in [0.4, 0.5) is 13.2 Å². The minimum atomic E-state index is -0.778. The van der Waals surface area contributed by atoms with Crippen molar-refractivity contribution in [1.29, 1.82) is 0 Å². The van der Waals surface area contributed by atoms with Gasteiger partial charge in [-0.3, -0.25) is 0 Å². The number of benzene rings is 2. The molecule has 21 heavy (non-hydrogen) atoms. The molecule has 1 heterocycles. The maximum Gasteiger partial charge on any atom is 0.161 e. The molecular formula is C14H5BrClF3N2. The highest BCUT2D eigenvalue weighted by molar-refractivity contribution is 9.10. The predicted octanol–water partition coefficient (Wildman–Crippen LogP) is 5.13. The van der Waals surface area contributed by atoms with Crippen LogP contribution in [-0.4, -0.2) is 9.97 Å². The Morgan fingerprint density at radius 1 is 0.952 bits per heavy atom. The molecule has 3 aromatic rings. The van der Waals surface area contributed by atoms with Gasteiger partial charge in [0.1, 0.15) is 28.1 Å². The number of rotatable bonds is 1. The average Bonchev–Trinajstić information content (AvgIpc) is 2.41. The summed E-state index contributed by atoms with van der Waals surface area (Å²) in [4.78, 5) is 8.00. The molecule has 0 unspecified atom stereocenters. The van der Waals surface area contributed by atoms with Gasteiger partial charge >= 0.3 is 0 Å². The zero-order valence-corrected chi connectivity index (χ0v) is 12.5. The molecular weight excluding hydrogens is 369 g/mol. The molecule has 2 nitrogen and oxygen atoms in total. The van der Waals surface area contributed by atoms with Crippen LogP contribution in [0.1, 0.15) is 0 Å². The summed E-state index contributed by atoms with van der Waals surface area (Å²) in [6.45, 7) is 0. The largest absolute Gasteiger partial charge is 0.225 e. The van der Waals surface area contributed by atoms with Gasteiger partial charge < -0.3 is 0 Å². The Morgan fingerprint density at radius 3 is 2.29 bits per heavy atom. The van der Waals surface area contributed by atoms with E-state index in [-0.39, 0.29) is 22.1 Å². The lowest BCUT2D eigenvalue weighted by Crippen LogP contribution is -1.96. The lowest BCUT2D eigenvalue weighted by atomic mass is 10.2. The molecule has 0 aliphatic rings. The fourth-order valence-electron chi connectivity index (χ4n) is 1.94. The highest BCUT2D eigenvalue weighted by Crippen LogP contribution is 2.32. The van der Waals surface area contributed by atoms with Crippen molar-refractivity contribution in [3.63, 3.8) is 0 Å². The molecule has 2 aromatic carbocycles. The first-order valence-corrected chi connectivity index (χ1v) is 6.90. The van der Waals surface area contributed by atoms with Crippen LogP contribution in [0.15, 0.2) is 34.8 Å². The van der Waals surface area contributed by atoms with E-state index in [4.69, 9.17) is 11.6 Å². The fourth-order valence-corrected chi connectivity index (χ4v) is 2.83. The summed E-state index contributed by atoms with van der Waals surface area (Å²) in [6, 6.07) is 5.52. The molecule has 0 saturated heterocycles. The van der Waals surface area contributed by atoms with Crippen LogP contribution in [0.3, 0.4) is 0 Å². The van der Waals surface area contributed by atoms with Crippen molar-refractivity contribution in [3.05, 3.63) is 57.4 Å². The van der Waals surface area contributed by atoms with Crippen LogP contribution < -0.4 is 0 Å². The number of nitrogens with zero attached hydrogens (tertiary/aromatic N) is 2. The van der Waals surface area contributed by atoms with Gasteiger partial charge in [-0.15, -0.1) is 0 Å². The van der Waals surface area contributed by atoms with Crippen LogP contribution in [-0.2, 0) is 0 Å². The van der Waals surface area contributed by atoms with E-state index in [0.717, 1.165) is 18.2 Å². The highest BCUT2D eigenvalue weighted by atomic mass is 79.9. The molecule has 0 spiro atoms. The van der Waals surface area contributed by atoms with E-state index in [2.05, 4.69) is 25.9 Å². The quantitative estimate of drug-likeness (QED) is 0.553. The molecule has 0 aliphatic heterocycles. The summed E-state index contributed by atoms with van der Waals surface area (Å²) in [5.74, 6) is -2.21. The third-order valence-electron chi connectivity index (χ3n) is 2.83. The van der Waals surface area contributed by atoms with Crippen molar-refractivity contribution >= 4 is 38.4 Å². The van der Waals surface area contributed by atoms with E-state index in [1.807, 2.05) is 0 Å². The maximum atomic E-state index is 13.9. The first-order chi connectivity index (χ1) is 9.95. The number of aromatic nitrogens is 2. The van der Waals surface area contributed by atoms with E-state index >= 15 is 0 Å². The molecule has 0 aliphatic carbocycles. The monoisotopic (exact) mass is 372 g/mol. The van der Waals surface area contributed by atoms with Gasteiger partial charge in [-0.1, -0.05) is 11.6 Å². The second kappa shape index (κ2) is 5.27. The van der Waals surface area contributed by atoms with Gasteiger partial charge in [0.2, 0.25) is 0 Å². The molecule has 0 bridgehead atoms. The van der Waals surface area contributed by atoms with E-state index in [1.54, 1.807) is 0 Å². The number of fused-ring (bicyclic) bond motifs is 1. The van der Waals surface area contributed by atoms with Crippen LogP contribution in [0.25, 0.3) is 22.3 Å². The van der Waals surface area contributed by atoms with Gasteiger partial charge in [0.05, 0.1) is 5.39 Å². The summed E-state index contributed by atoms with van der Waals surface area (Å²) >= 11 is 9.27. The summed E-state index contributed by atoms with van der Waals surface area (Å²) in [5, 5.41) is 0.295. The zero-order chi connectivity index (χ0) is 15.1. The average molecular weight is 374 g/mol. The number of halogens is 5. The summed E-state index contributed by atoms with van der Waals surface area (Å²) in [5.41, 5.74) is 0.0553. The molecule has 0 fully saturated rings. The van der Waals surface area contributed by atoms with E-state index in [9.17, 15) is 13.2 Å². The van der Waals surface area contributed by atoms with Gasteiger partial charge in [0.15, 0.2) is 5.82 Å². The zero-order valence-electron chi connectivity index (χ0n) is 10.2. The molecule has 0 atom stereocenters. The van der Waals surface area contributed by atoms with Gasteiger partial charge in [0, 0.05) is 16.1 Å². The molecule has 0 radical (unpaired) electrons. The molecule has 0 saturated carbocycles. The molecule has 7 heteroatoms. The number of hydrogen-bond donors (Lipinski definition) is 0. The standard InChI is InChI=1S/C14H5BrClF3N2/c15-9-1-2-10(19)12-11(9)13(16)21-14(20-12)6-3-7(17)5-8(18)4-6/h1-5H. The van der Waals surface area contributed by atoms with Crippen molar-refractivity contribution in [3.8, 4) is 11.4 Å². The normalized spacial score (nSPS) is 11.1. The fraction of sp³-hybridized carbons (Fsp3) is 0. The lowest BCUT2D eigenvalue weighted by Gasteiger charge is -2.07. The second-order valence-corrected chi connectivity index (χ2v) is 5.46. The third-order valence-corrected chi connectivity index (χ3v) is 3.76. The highest BCUT2D eigenvalue weighted by Gasteiger charge is 2.15. The van der Waals surface area contributed by atoms with Crippen molar-refractivity contribution in [2.24, 2.45) is 0 Å². The Balaban J connectivity index is 2.32. The van der Waals surface area contributed by atoms with E-state index < -0.39 is 17.5 Å². The Labute approximate surface area is 130 Å². The summed E-state index contributed by atoms with van der Waals surface area (Å²) in [7, 11) is 0.